The number of aromatic nitrogens is 2. The van der Waals surface area contributed by atoms with Crippen molar-refractivity contribution in [3.63, 3.8) is 0 Å². The van der Waals surface area contributed by atoms with Crippen LogP contribution in [-0.4, -0.2) is 90.2 Å². The minimum absolute atomic E-state index is 0.111. The Kier molecular flexibility index (Phi) is 8.43. The van der Waals surface area contributed by atoms with Gasteiger partial charge < -0.3 is 19.4 Å². The van der Waals surface area contributed by atoms with E-state index in [4.69, 9.17) is 4.74 Å². The summed E-state index contributed by atoms with van der Waals surface area (Å²) in [6, 6.07) is 10.5. The number of ether oxygens (including phenoxy) is 1. The van der Waals surface area contributed by atoms with Crippen molar-refractivity contribution < 1.29 is 13.5 Å². The molecule has 0 bridgehead atoms. The smallest absolute Gasteiger partial charge is 0.178 e. The molecule has 2 aromatic carbocycles. The molecule has 3 aliphatic heterocycles. The molecule has 1 fully saturated rings. The predicted octanol–water partition coefficient (Wildman–Crippen LogP) is 4.96. The van der Waals surface area contributed by atoms with E-state index in [1.807, 2.05) is 0 Å². The number of hydrogen-bond acceptors (Lipinski definition) is 7. The number of piperidine rings is 1. The number of fused-ring (bicyclic) bond motifs is 2. The Morgan fingerprint density at radius 2 is 1.79 bits per heavy atom. The van der Waals surface area contributed by atoms with Crippen LogP contribution < -0.4 is 9.64 Å². The van der Waals surface area contributed by atoms with E-state index in [-0.39, 0.29) is 17.5 Å². The van der Waals surface area contributed by atoms with E-state index in [1.54, 1.807) is 6.07 Å². The van der Waals surface area contributed by atoms with E-state index in [2.05, 4.69) is 75.7 Å². The third-order valence-electron chi connectivity index (χ3n) is 8.92. The average Bonchev–Trinajstić information content (AvgIpc) is 3.40. The molecule has 224 valence electrons. The first kappa shape index (κ1) is 29.0. The van der Waals surface area contributed by atoms with Gasteiger partial charge in [0.1, 0.15) is 18.1 Å². The molecule has 1 aromatic heterocycles. The third-order valence-corrected chi connectivity index (χ3v) is 8.92. The summed E-state index contributed by atoms with van der Waals surface area (Å²) in [5, 5.41) is 0. The summed E-state index contributed by atoms with van der Waals surface area (Å²) in [6.07, 6.45) is 4.11. The van der Waals surface area contributed by atoms with Gasteiger partial charge in [0.2, 0.25) is 0 Å². The van der Waals surface area contributed by atoms with Crippen LogP contribution in [0, 0.1) is 11.6 Å². The van der Waals surface area contributed by atoms with Crippen LogP contribution >= 0.6 is 0 Å². The molecule has 0 amide bonds. The fourth-order valence-electron chi connectivity index (χ4n) is 6.54. The van der Waals surface area contributed by atoms with Crippen molar-refractivity contribution in [3.05, 3.63) is 70.7 Å². The number of nitrogens with zero attached hydrogens (tertiary/aromatic N) is 6. The van der Waals surface area contributed by atoms with Gasteiger partial charge >= 0.3 is 0 Å². The molecular weight excluding hydrogens is 534 g/mol. The minimum Gasteiger partial charge on any atom is -0.486 e. The van der Waals surface area contributed by atoms with Gasteiger partial charge in [-0.3, -0.25) is 4.90 Å². The molecule has 0 aliphatic carbocycles. The quantitative estimate of drug-likeness (QED) is 0.376. The SMILES string of the molecule is CC(C)N1CCOc2c(F)cc(-c3nc(Cc4ccc5c(c4)CN(C4CCN(CCN(C)C)CC4)C5)ncc3F)cc21. The lowest BCUT2D eigenvalue weighted by molar-refractivity contribution is 0.103. The van der Waals surface area contributed by atoms with Crippen molar-refractivity contribution in [1.29, 1.82) is 0 Å². The monoisotopic (exact) mass is 576 g/mol. The minimum atomic E-state index is -0.566. The second kappa shape index (κ2) is 12.2. The van der Waals surface area contributed by atoms with Crippen LogP contribution in [-0.2, 0) is 19.5 Å². The second-order valence-corrected chi connectivity index (χ2v) is 12.5. The van der Waals surface area contributed by atoms with E-state index in [9.17, 15) is 0 Å². The van der Waals surface area contributed by atoms with Crippen molar-refractivity contribution in [2.75, 3.05) is 58.3 Å². The zero-order valence-corrected chi connectivity index (χ0v) is 25.2. The van der Waals surface area contributed by atoms with Crippen molar-refractivity contribution in [2.45, 2.75) is 58.3 Å². The predicted molar refractivity (Wildman–Crippen MR) is 162 cm³/mol. The zero-order valence-electron chi connectivity index (χ0n) is 25.2. The molecule has 0 saturated carbocycles. The largest absolute Gasteiger partial charge is 0.486 e. The maximum absolute atomic E-state index is 15.1. The Morgan fingerprint density at radius 3 is 2.55 bits per heavy atom. The number of halogens is 2. The van der Waals surface area contributed by atoms with E-state index in [0.29, 0.717) is 42.7 Å². The summed E-state index contributed by atoms with van der Waals surface area (Å²) < 4.78 is 35.7. The maximum Gasteiger partial charge on any atom is 0.178 e. The summed E-state index contributed by atoms with van der Waals surface area (Å²) in [5.74, 6) is -0.338. The van der Waals surface area contributed by atoms with Gasteiger partial charge in [0.25, 0.3) is 0 Å². The summed E-state index contributed by atoms with van der Waals surface area (Å²) >= 11 is 0. The Labute approximate surface area is 248 Å². The number of likely N-dealkylation sites (tertiary alicyclic amines) is 1. The van der Waals surface area contributed by atoms with Gasteiger partial charge in [-0.15, -0.1) is 0 Å². The molecule has 6 rings (SSSR count). The molecule has 4 heterocycles. The molecule has 0 radical (unpaired) electrons. The topological polar surface area (TPSA) is 48.0 Å². The standard InChI is InChI=1S/C33H42F2N6O/c1-22(2)41-13-14-42-33-28(34)17-25(18-30(33)41)32-29(35)19-36-31(37-32)16-23-5-6-24-20-40(21-26(24)15-23)27-7-9-39(10-8-27)12-11-38(3)4/h5-6,15,17-19,22,27H,7-14,16,20-21H2,1-4H3. The van der Waals surface area contributed by atoms with Crippen molar-refractivity contribution in [2.24, 2.45) is 0 Å². The van der Waals surface area contributed by atoms with Gasteiger partial charge in [-0.25, -0.2) is 18.7 Å². The lowest BCUT2D eigenvalue weighted by Crippen LogP contribution is -2.44. The zero-order chi connectivity index (χ0) is 29.4. The summed E-state index contributed by atoms with van der Waals surface area (Å²) in [6.45, 7) is 11.7. The van der Waals surface area contributed by atoms with Crippen LogP contribution in [0.3, 0.4) is 0 Å². The number of hydrogen-bond donors (Lipinski definition) is 0. The highest BCUT2D eigenvalue weighted by molar-refractivity contribution is 5.72. The lowest BCUT2D eigenvalue weighted by atomic mass is 10.0. The molecule has 1 saturated heterocycles. The van der Waals surface area contributed by atoms with Crippen molar-refractivity contribution >= 4 is 5.69 Å². The molecule has 7 nitrogen and oxygen atoms in total. The highest BCUT2D eigenvalue weighted by Gasteiger charge is 2.29. The summed E-state index contributed by atoms with van der Waals surface area (Å²) in [5.41, 5.74) is 4.98. The van der Waals surface area contributed by atoms with Gasteiger partial charge in [0.15, 0.2) is 17.4 Å². The first-order valence-electron chi connectivity index (χ1n) is 15.2. The van der Waals surface area contributed by atoms with E-state index in [1.165, 1.54) is 36.2 Å². The second-order valence-electron chi connectivity index (χ2n) is 12.5. The van der Waals surface area contributed by atoms with Crippen LogP contribution in [0.15, 0.2) is 36.5 Å². The van der Waals surface area contributed by atoms with Crippen LogP contribution in [0.5, 0.6) is 5.75 Å². The van der Waals surface area contributed by atoms with Crippen LogP contribution in [0.25, 0.3) is 11.3 Å². The van der Waals surface area contributed by atoms with Crippen molar-refractivity contribution in [1.82, 2.24) is 24.7 Å². The fourth-order valence-corrected chi connectivity index (χ4v) is 6.54. The van der Waals surface area contributed by atoms with Crippen LogP contribution in [0.4, 0.5) is 14.5 Å². The van der Waals surface area contributed by atoms with Crippen LogP contribution in [0.1, 0.15) is 49.2 Å². The molecule has 0 spiro atoms. The molecule has 3 aliphatic rings. The highest BCUT2D eigenvalue weighted by Crippen LogP contribution is 2.39. The highest BCUT2D eigenvalue weighted by atomic mass is 19.1. The summed E-state index contributed by atoms with van der Waals surface area (Å²) in [4.78, 5) is 18.4. The van der Waals surface area contributed by atoms with Gasteiger partial charge in [0, 0.05) is 50.2 Å². The number of anilines is 1. The first-order chi connectivity index (χ1) is 20.2. The molecule has 3 aromatic rings. The third kappa shape index (κ3) is 6.14. The normalized spacial score (nSPS) is 18.0. The molecule has 0 N–H and O–H groups in total. The molecular formula is C33H42F2N6O. The average molecular weight is 577 g/mol. The Balaban J connectivity index is 1.15. The Hall–Kier alpha value is -3.14. The van der Waals surface area contributed by atoms with Gasteiger partial charge in [-0.05, 0) is 82.7 Å². The first-order valence-corrected chi connectivity index (χ1v) is 15.2. The molecule has 0 unspecified atom stereocenters. The van der Waals surface area contributed by atoms with Crippen molar-refractivity contribution in [3.8, 4) is 17.0 Å². The van der Waals surface area contributed by atoms with Gasteiger partial charge in [-0.1, -0.05) is 18.2 Å². The van der Waals surface area contributed by atoms with Gasteiger partial charge in [-0.2, -0.15) is 0 Å². The Morgan fingerprint density at radius 1 is 1.00 bits per heavy atom. The molecule has 9 heteroatoms. The summed E-state index contributed by atoms with van der Waals surface area (Å²) in [7, 11) is 4.27. The fraction of sp³-hybridized carbons (Fsp3) is 0.515. The van der Waals surface area contributed by atoms with E-state index >= 15 is 8.78 Å². The number of rotatable bonds is 8. The van der Waals surface area contributed by atoms with E-state index < -0.39 is 11.6 Å². The van der Waals surface area contributed by atoms with E-state index in [0.717, 1.165) is 44.8 Å². The van der Waals surface area contributed by atoms with Gasteiger partial charge in [0.05, 0.1) is 18.4 Å². The lowest BCUT2D eigenvalue weighted by Gasteiger charge is -2.37. The molecule has 0 atom stereocenters. The maximum atomic E-state index is 15.1. The number of benzene rings is 2. The van der Waals surface area contributed by atoms with Crippen LogP contribution in [0.2, 0.25) is 0 Å². The molecule has 42 heavy (non-hydrogen) atoms. The Bertz CT molecular complexity index is 1420. The number of likely N-dealkylation sites (N-methyl/N-ethyl adjacent to an activating group) is 1.